The molecule has 9 nitrogen and oxygen atoms in total. The molecule has 0 fully saturated rings. The van der Waals surface area contributed by atoms with E-state index >= 15 is 0 Å². The van der Waals surface area contributed by atoms with Crippen molar-refractivity contribution in [2.24, 2.45) is 23.7 Å². The monoisotopic (exact) mass is 1210 g/mol. The van der Waals surface area contributed by atoms with Crippen molar-refractivity contribution in [1.82, 2.24) is 4.90 Å². The van der Waals surface area contributed by atoms with Crippen LogP contribution >= 0.6 is 0 Å². The number of nitrogens with zero attached hydrogens (tertiary/aromatic N) is 1. The highest BCUT2D eigenvalue weighted by Gasteiger charge is 2.20. The van der Waals surface area contributed by atoms with E-state index < -0.39 is 0 Å². The van der Waals surface area contributed by atoms with Crippen molar-refractivity contribution in [1.29, 1.82) is 0 Å². The third-order valence-corrected chi connectivity index (χ3v) is 18.3. The number of hydrogen-bond donors (Lipinski definition) is 0. The van der Waals surface area contributed by atoms with Crippen molar-refractivity contribution in [2.75, 3.05) is 59.3 Å². The minimum absolute atomic E-state index is 0.121. The molecule has 0 aromatic carbocycles. The summed E-state index contributed by atoms with van der Waals surface area (Å²) in [6.07, 6.45) is 58.0. The van der Waals surface area contributed by atoms with Crippen LogP contribution in [0.15, 0.2) is 0 Å². The van der Waals surface area contributed by atoms with Gasteiger partial charge in [0.1, 0.15) is 0 Å². The summed E-state index contributed by atoms with van der Waals surface area (Å²) in [5.41, 5.74) is 0. The Morgan fingerprint density at radius 2 is 0.482 bits per heavy atom. The van der Waals surface area contributed by atoms with Gasteiger partial charge in [-0.2, -0.15) is 0 Å². The molecule has 508 valence electrons. The zero-order chi connectivity index (χ0) is 62.2. The SMILES string of the molecule is CCCCCC(CCCCC)CCOC(CCC(=O)OCCCCCCN(CCCC)CCCCCCOC(=O)CCC(OCCC(CCCCC)CCCCC)OCCC(CCCCC)CCCCC)OCCC(CCCCC)CCCCC. The molecule has 0 spiro atoms. The maximum atomic E-state index is 13.1. The molecule has 0 aliphatic carbocycles. The lowest BCUT2D eigenvalue weighted by atomic mass is 9.92. The van der Waals surface area contributed by atoms with Gasteiger partial charge in [-0.05, 0) is 101 Å². The van der Waals surface area contributed by atoms with Gasteiger partial charge in [0.25, 0.3) is 0 Å². The zero-order valence-corrected chi connectivity index (χ0v) is 58.9. The first kappa shape index (κ1) is 83.7. The maximum Gasteiger partial charge on any atom is 0.305 e. The standard InChI is InChI=1S/C76H151NO8/c1-10-19-32-44-69(45-33-20-11-2)56-65-82-75(83-66-57-70(46-34-21-12-3)47-35-22-13-4)54-52-73(78)80-63-42-30-28-40-61-77(60-27-18-9)62-41-29-31-43-64-81-74(79)53-55-76(84-67-58-71(48-36-23-14-5)49-37-24-15-6)85-68-59-72(50-38-25-16-7)51-39-26-17-8/h69-72,75-76H,10-68H2,1-9H3. The summed E-state index contributed by atoms with van der Waals surface area (Å²) >= 11 is 0. The van der Waals surface area contributed by atoms with E-state index in [1.54, 1.807) is 0 Å². The van der Waals surface area contributed by atoms with E-state index in [0.717, 1.165) is 83.8 Å². The highest BCUT2D eigenvalue weighted by molar-refractivity contribution is 5.69. The van der Waals surface area contributed by atoms with Gasteiger partial charge in [0.05, 0.1) is 26.1 Å². The molecule has 0 amide bonds. The highest BCUT2D eigenvalue weighted by Crippen LogP contribution is 2.27. The van der Waals surface area contributed by atoms with E-state index in [-0.39, 0.29) is 24.5 Å². The number of hydrogen-bond acceptors (Lipinski definition) is 9. The van der Waals surface area contributed by atoms with Crippen LogP contribution < -0.4 is 0 Å². The van der Waals surface area contributed by atoms with Gasteiger partial charge in [0, 0.05) is 39.3 Å². The first-order valence-electron chi connectivity index (χ1n) is 38.2. The Morgan fingerprint density at radius 1 is 0.247 bits per heavy atom. The lowest BCUT2D eigenvalue weighted by Crippen LogP contribution is -2.27. The second kappa shape index (κ2) is 67.1. The van der Waals surface area contributed by atoms with Gasteiger partial charge in [0.2, 0.25) is 0 Å². The lowest BCUT2D eigenvalue weighted by Gasteiger charge is -2.23. The fourth-order valence-corrected chi connectivity index (χ4v) is 12.4. The second-order valence-corrected chi connectivity index (χ2v) is 26.5. The topological polar surface area (TPSA) is 92.8 Å². The third kappa shape index (κ3) is 57.6. The summed E-state index contributed by atoms with van der Waals surface area (Å²) in [5.74, 6) is 2.61. The van der Waals surface area contributed by atoms with Crippen LogP contribution in [-0.2, 0) is 38.0 Å². The summed E-state index contributed by atoms with van der Waals surface area (Å²) < 4.78 is 37.6. The van der Waals surface area contributed by atoms with Crippen molar-refractivity contribution in [3.8, 4) is 0 Å². The zero-order valence-electron chi connectivity index (χ0n) is 58.9. The molecule has 0 heterocycles. The normalized spacial score (nSPS) is 12.1. The van der Waals surface area contributed by atoms with Crippen molar-refractivity contribution < 1.29 is 38.0 Å². The third-order valence-electron chi connectivity index (χ3n) is 18.3. The molecule has 0 rings (SSSR count). The summed E-state index contributed by atoms with van der Waals surface area (Å²) in [6, 6.07) is 0. The van der Waals surface area contributed by atoms with Gasteiger partial charge in [-0.25, -0.2) is 0 Å². The van der Waals surface area contributed by atoms with E-state index in [4.69, 9.17) is 28.4 Å². The number of rotatable bonds is 71. The molecular formula is C76H151NO8. The van der Waals surface area contributed by atoms with Gasteiger partial charge in [-0.1, -0.05) is 300 Å². The summed E-state index contributed by atoms with van der Waals surface area (Å²) in [5, 5.41) is 0. The second-order valence-electron chi connectivity index (χ2n) is 26.5. The fourth-order valence-electron chi connectivity index (χ4n) is 12.4. The number of ether oxygens (including phenoxy) is 6. The number of esters is 2. The molecule has 0 saturated heterocycles. The van der Waals surface area contributed by atoms with Crippen LogP contribution in [0.3, 0.4) is 0 Å². The Hall–Kier alpha value is -1.26. The van der Waals surface area contributed by atoms with Crippen LogP contribution in [0.2, 0.25) is 0 Å². The number of unbranched alkanes of at least 4 members (excludes halogenated alkanes) is 23. The van der Waals surface area contributed by atoms with Crippen LogP contribution in [0.4, 0.5) is 0 Å². The number of carbonyl (C=O) groups is 2. The molecule has 0 unspecified atom stereocenters. The fraction of sp³-hybridized carbons (Fsp3) is 0.974. The van der Waals surface area contributed by atoms with E-state index in [1.807, 2.05) is 0 Å². The van der Waals surface area contributed by atoms with Gasteiger partial charge in [-0.3, -0.25) is 9.59 Å². The summed E-state index contributed by atoms with van der Waals surface area (Å²) in [7, 11) is 0. The van der Waals surface area contributed by atoms with Crippen LogP contribution in [0.25, 0.3) is 0 Å². The average molecular weight is 1210 g/mol. The Balaban J connectivity index is 4.97. The van der Waals surface area contributed by atoms with Crippen molar-refractivity contribution in [3.05, 3.63) is 0 Å². The molecule has 85 heavy (non-hydrogen) atoms. The van der Waals surface area contributed by atoms with Crippen molar-refractivity contribution >= 4 is 11.9 Å². The highest BCUT2D eigenvalue weighted by atomic mass is 16.7. The first-order valence-corrected chi connectivity index (χ1v) is 38.2. The molecule has 0 saturated carbocycles. The minimum atomic E-state index is -0.344. The molecular weight excluding hydrogens is 1050 g/mol. The van der Waals surface area contributed by atoms with E-state index in [9.17, 15) is 9.59 Å². The smallest absolute Gasteiger partial charge is 0.305 e. The molecule has 0 radical (unpaired) electrons. The molecule has 0 aromatic rings. The van der Waals surface area contributed by atoms with Gasteiger partial charge in [-0.15, -0.1) is 0 Å². The van der Waals surface area contributed by atoms with Gasteiger partial charge < -0.3 is 33.3 Å². The molecule has 0 aliphatic rings. The number of carbonyl (C=O) groups excluding carboxylic acids is 2. The predicted octanol–water partition coefficient (Wildman–Crippen LogP) is 23.2. The first-order chi connectivity index (χ1) is 41.7. The molecule has 0 aromatic heterocycles. The predicted molar refractivity (Wildman–Crippen MR) is 366 cm³/mol. The molecule has 9 heteroatoms. The van der Waals surface area contributed by atoms with Crippen LogP contribution in [0, 0.1) is 23.7 Å². The quantitative estimate of drug-likeness (QED) is 0.0335. The molecule has 0 bridgehead atoms. The van der Waals surface area contributed by atoms with E-state index in [0.29, 0.717) is 89.0 Å². The van der Waals surface area contributed by atoms with E-state index in [2.05, 4.69) is 67.2 Å². The largest absolute Gasteiger partial charge is 0.466 e. The van der Waals surface area contributed by atoms with Crippen molar-refractivity contribution in [2.45, 2.75) is 396 Å². The van der Waals surface area contributed by atoms with Gasteiger partial charge in [0.15, 0.2) is 12.6 Å². The van der Waals surface area contributed by atoms with Crippen LogP contribution in [0.1, 0.15) is 383 Å². The average Bonchev–Trinajstić information content (AvgIpc) is 3.50. The Labute approximate surface area is 531 Å². The van der Waals surface area contributed by atoms with Gasteiger partial charge >= 0.3 is 11.9 Å². The summed E-state index contributed by atoms with van der Waals surface area (Å²) in [6.45, 7) is 27.9. The van der Waals surface area contributed by atoms with E-state index in [1.165, 1.54) is 231 Å². The van der Waals surface area contributed by atoms with Crippen LogP contribution in [-0.4, -0.2) is 88.7 Å². The van der Waals surface area contributed by atoms with Crippen LogP contribution in [0.5, 0.6) is 0 Å². The summed E-state index contributed by atoms with van der Waals surface area (Å²) in [4.78, 5) is 28.8. The maximum absolute atomic E-state index is 13.1. The molecule has 0 atom stereocenters. The Morgan fingerprint density at radius 3 is 0.729 bits per heavy atom. The minimum Gasteiger partial charge on any atom is -0.466 e. The molecule has 0 N–H and O–H groups in total. The van der Waals surface area contributed by atoms with Crippen molar-refractivity contribution in [3.63, 3.8) is 0 Å². The Bertz CT molecular complexity index is 1140. The Kier molecular flexibility index (Phi) is 66.1. The lowest BCUT2D eigenvalue weighted by molar-refractivity contribution is -0.161. The molecule has 0 aliphatic heterocycles.